The standard InChI is InChI=1S/C21H10O4/c22-18-12-7-3-4-8-13(12)19(23)17-15(18)9-14-10-5-1-2-6-11(10)20(24)21(25)16(14)17/h1-8H,9H2. The van der Waals surface area contributed by atoms with Crippen LogP contribution in [-0.2, 0) is 4.79 Å². The van der Waals surface area contributed by atoms with Gasteiger partial charge in [-0.05, 0) is 11.1 Å². The fraction of sp³-hybridized carbons (Fsp3) is 0.0476. The zero-order chi connectivity index (χ0) is 17.3. The average molecular weight is 326 g/mol. The van der Waals surface area contributed by atoms with E-state index in [9.17, 15) is 19.2 Å². The van der Waals surface area contributed by atoms with Crippen LogP contribution in [0.1, 0.15) is 43.1 Å². The molecular formula is C21H10O4. The molecule has 0 bridgehead atoms. The second-order valence-corrected chi connectivity index (χ2v) is 6.29. The van der Waals surface area contributed by atoms with E-state index in [1.54, 1.807) is 48.5 Å². The van der Waals surface area contributed by atoms with Gasteiger partial charge in [-0.1, -0.05) is 48.5 Å². The molecule has 0 amide bonds. The van der Waals surface area contributed by atoms with Gasteiger partial charge >= 0.3 is 0 Å². The van der Waals surface area contributed by atoms with E-state index in [0.717, 1.165) is 0 Å². The van der Waals surface area contributed by atoms with E-state index >= 15 is 0 Å². The number of carbonyl (C=O) groups is 4. The maximum Gasteiger partial charge on any atom is 0.234 e. The molecule has 0 unspecified atom stereocenters. The summed E-state index contributed by atoms with van der Waals surface area (Å²) in [7, 11) is 0. The van der Waals surface area contributed by atoms with Gasteiger partial charge in [0.25, 0.3) is 0 Å². The van der Waals surface area contributed by atoms with Crippen molar-refractivity contribution in [2.75, 3.05) is 0 Å². The molecule has 3 aliphatic rings. The number of benzene rings is 2. The summed E-state index contributed by atoms with van der Waals surface area (Å²) in [5.74, 6) is -1.91. The molecule has 4 nitrogen and oxygen atoms in total. The second kappa shape index (κ2) is 4.57. The summed E-state index contributed by atoms with van der Waals surface area (Å²) in [6, 6.07) is 13.4. The molecule has 2 aromatic carbocycles. The minimum absolute atomic E-state index is 0.117. The van der Waals surface area contributed by atoms with Crippen LogP contribution in [0, 0.1) is 0 Å². The van der Waals surface area contributed by atoms with Gasteiger partial charge in [0.1, 0.15) is 0 Å². The third kappa shape index (κ3) is 1.61. The quantitative estimate of drug-likeness (QED) is 0.698. The summed E-state index contributed by atoms with van der Waals surface area (Å²) < 4.78 is 0. The SMILES string of the molecule is O=C1C(=O)c2ccccc2C2=C1C1=C(C2)C(=O)c2ccccc2C1=O. The Balaban J connectivity index is 1.79. The molecule has 2 aromatic rings. The third-order valence-electron chi connectivity index (χ3n) is 5.05. The van der Waals surface area contributed by atoms with Crippen LogP contribution in [-0.4, -0.2) is 23.1 Å². The molecule has 0 aliphatic heterocycles. The van der Waals surface area contributed by atoms with E-state index in [1.165, 1.54) is 0 Å². The van der Waals surface area contributed by atoms with Crippen LogP contribution in [0.4, 0.5) is 0 Å². The van der Waals surface area contributed by atoms with E-state index in [1.807, 2.05) is 0 Å². The van der Waals surface area contributed by atoms with Crippen LogP contribution in [0.5, 0.6) is 0 Å². The highest BCUT2D eigenvalue weighted by Crippen LogP contribution is 2.47. The largest absolute Gasteiger partial charge is 0.289 e. The molecule has 3 aliphatic carbocycles. The Morgan fingerprint density at radius 2 is 0.960 bits per heavy atom. The number of carbonyl (C=O) groups excluding carboxylic acids is 4. The molecule has 0 heterocycles. The minimum Gasteiger partial charge on any atom is -0.289 e. The summed E-state index contributed by atoms with van der Waals surface area (Å²) in [6.45, 7) is 0. The van der Waals surface area contributed by atoms with Gasteiger partial charge in [0, 0.05) is 39.8 Å². The Labute approximate surface area is 142 Å². The van der Waals surface area contributed by atoms with Gasteiger partial charge in [-0.25, -0.2) is 0 Å². The fourth-order valence-electron chi connectivity index (χ4n) is 3.94. The number of hydrogen-bond acceptors (Lipinski definition) is 4. The van der Waals surface area contributed by atoms with Crippen molar-refractivity contribution < 1.29 is 19.2 Å². The predicted molar refractivity (Wildman–Crippen MR) is 89.4 cm³/mol. The first-order valence-electron chi connectivity index (χ1n) is 7.93. The van der Waals surface area contributed by atoms with Crippen molar-refractivity contribution in [3.8, 4) is 0 Å². The summed E-state index contributed by atoms with van der Waals surface area (Å²) in [6.07, 6.45) is 0.208. The molecule has 0 fully saturated rings. The van der Waals surface area contributed by atoms with E-state index in [0.29, 0.717) is 33.4 Å². The monoisotopic (exact) mass is 326 g/mol. The summed E-state index contributed by atoms with van der Waals surface area (Å²) in [4.78, 5) is 51.0. The van der Waals surface area contributed by atoms with Gasteiger partial charge in [0.15, 0.2) is 11.6 Å². The van der Waals surface area contributed by atoms with Crippen LogP contribution in [0.25, 0.3) is 5.57 Å². The highest BCUT2D eigenvalue weighted by atomic mass is 16.2. The summed E-state index contributed by atoms with van der Waals surface area (Å²) >= 11 is 0. The zero-order valence-electron chi connectivity index (χ0n) is 13.0. The minimum atomic E-state index is -0.695. The molecule has 4 heteroatoms. The van der Waals surface area contributed by atoms with Crippen molar-refractivity contribution in [3.05, 3.63) is 87.5 Å². The van der Waals surface area contributed by atoms with Gasteiger partial charge in [-0.3, -0.25) is 19.2 Å². The lowest BCUT2D eigenvalue weighted by atomic mass is 9.80. The Morgan fingerprint density at radius 3 is 1.60 bits per heavy atom. The lowest BCUT2D eigenvalue weighted by molar-refractivity contribution is -0.111. The lowest BCUT2D eigenvalue weighted by Crippen LogP contribution is -2.27. The lowest BCUT2D eigenvalue weighted by Gasteiger charge is -2.19. The molecule has 0 aromatic heterocycles. The predicted octanol–water partition coefficient (Wildman–Crippen LogP) is 2.99. The van der Waals surface area contributed by atoms with Crippen molar-refractivity contribution >= 4 is 28.7 Å². The van der Waals surface area contributed by atoms with Crippen LogP contribution >= 0.6 is 0 Å². The fourth-order valence-corrected chi connectivity index (χ4v) is 3.94. The molecule has 5 rings (SSSR count). The van der Waals surface area contributed by atoms with Crippen molar-refractivity contribution in [1.29, 1.82) is 0 Å². The van der Waals surface area contributed by atoms with Gasteiger partial charge in [-0.2, -0.15) is 0 Å². The number of rotatable bonds is 0. The smallest absolute Gasteiger partial charge is 0.234 e. The van der Waals surface area contributed by atoms with Gasteiger partial charge in [0.05, 0.1) is 0 Å². The highest BCUT2D eigenvalue weighted by Gasteiger charge is 2.45. The number of ketones is 4. The number of allylic oxidation sites excluding steroid dienone is 4. The first-order valence-corrected chi connectivity index (χ1v) is 7.93. The topological polar surface area (TPSA) is 68.3 Å². The van der Waals surface area contributed by atoms with Crippen LogP contribution < -0.4 is 0 Å². The Morgan fingerprint density at radius 1 is 0.480 bits per heavy atom. The Hall–Kier alpha value is -3.40. The molecule has 0 N–H and O–H groups in total. The third-order valence-corrected chi connectivity index (χ3v) is 5.05. The van der Waals surface area contributed by atoms with Crippen molar-refractivity contribution in [1.82, 2.24) is 0 Å². The van der Waals surface area contributed by atoms with Crippen LogP contribution in [0.2, 0.25) is 0 Å². The maximum absolute atomic E-state index is 13.0. The average Bonchev–Trinajstić information content (AvgIpc) is 3.05. The molecule has 0 atom stereocenters. The van der Waals surface area contributed by atoms with Gasteiger partial charge in [-0.15, -0.1) is 0 Å². The normalized spacial score (nSPS) is 18.2. The Kier molecular flexibility index (Phi) is 2.56. The zero-order valence-corrected chi connectivity index (χ0v) is 13.0. The molecule has 0 saturated carbocycles. The molecule has 0 saturated heterocycles. The van der Waals surface area contributed by atoms with Crippen molar-refractivity contribution in [3.63, 3.8) is 0 Å². The molecule has 25 heavy (non-hydrogen) atoms. The van der Waals surface area contributed by atoms with E-state index < -0.39 is 11.6 Å². The number of hydrogen-bond donors (Lipinski definition) is 0. The van der Waals surface area contributed by atoms with Crippen LogP contribution in [0.15, 0.2) is 65.3 Å². The molecule has 0 radical (unpaired) electrons. The second-order valence-electron chi connectivity index (χ2n) is 6.29. The summed E-state index contributed by atoms with van der Waals surface area (Å²) in [5.41, 5.74) is 2.80. The first kappa shape index (κ1) is 14.0. The molecule has 118 valence electrons. The summed E-state index contributed by atoms with van der Waals surface area (Å²) in [5, 5.41) is 0. The maximum atomic E-state index is 13.0. The highest BCUT2D eigenvalue weighted by molar-refractivity contribution is 6.56. The number of Topliss-reactive ketones (excluding diaryl/α,β-unsaturated/α-hetero) is 4. The van der Waals surface area contributed by atoms with E-state index in [2.05, 4.69) is 0 Å². The Bertz CT molecular complexity index is 1130. The number of fused-ring (bicyclic) bond motifs is 4. The molecular weight excluding hydrogens is 316 g/mol. The first-order chi connectivity index (χ1) is 12.1. The van der Waals surface area contributed by atoms with Gasteiger partial charge < -0.3 is 0 Å². The van der Waals surface area contributed by atoms with E-state index in [-0.39, 0.29) is 29.1 Å². The molecule has 0 spiro atoms. The van der Waals surface area contributed by atoms with E-state index in [4.69, 9.17) is 0 Å². The van der Waals surface area contributed by atoms with Crippen LogP contribution in [0.3, 0.4) is 0 Å². The van der Waals surface area contributed by atoms with Crippen molar-refractivity contribution in [2.45, 2.75) is 6.42 Å². The van der Waals surface area contributed by atoms with Gasteiger partial charge in [0.2, 0.25) is 11.6 Å². The van der Waals surface area contributed by atoms with Crippen molar-refractivity contribution in [2.24, 2.45) is 0 Å².